The van der Waals surface area contributed by atoms with Crippen molar-refractivity contribution in [2.75, 3.05) is 25.1 Å². The third kappa shape index (κ3) is 3.78. The SMILES string of the molecule is O=C(NCC(O)c1csc2ccccc12)C(=O)Nc1ccc2c(c1)OCCO2. The minimum atomic E-state index is -0.901. The van der Waals surface area contributed by atoms with E-state index in [2.05, 4.69) is 10.6 Å². The van der Waals surface area contributed by atoms with Crippen molar-refractivity contribution in [3.8, 4) is 11.5 Å². The van der Waals surface area contributed by atoms with Crippen LogP contribution in [0.3, 0.4) is 0 Å². The van der Waals surface area contributed by atoms with Crippen LogP contribution in [0.4, 0.5) is 5.69 Å². The lowest BCUT2D eigenvalue weighted by atomic mass is 10.1. The summed E-state index contributed by atoms with van der Waals surface area (Å²) < 4.78 is 11.9. The van der Waals surface area contributed by atoms with Crippen LogP contribution in [0.1, 0.15) is 11.7 Å². The number of hydrogen-bond acceptors (Lipinski definition) is 6. The van der Waals surface area contributed by atoms with E-state index in [1.165, 1.54) is 11.3 Å². The van der Waals surface area contributed by atoms with Crippen molar-refractivity contribution >= 4 is 38.9 Å². The fourth-order valence-electron chi connectivity index (χ4n) is 2.94. The summed E-state index contributed by atoms with van der Waals surface area (Å²) in [5.74, 6) is -0.531. The number of rotatable bonds is 4. The van der Waals surface area contributed by atoms with E-state index in [1.807, 2.05) is 29.6 Å². The topological polar surface area (TPSA) is 96.9 Å². The first-order chi connectivity index (χ1) is 13.6. The average molecular weight is 398 g/mol. The first kappa shape index (κ1) is 18.3. The van der Waals surface area contributed by atoms with Crippen LogP contribution in [0.25, 0.3) is 10.1 Å². The third-order valence-corrected chi connectivity index (χ3v) is 5.31. The maximum atomic E-state index is 12.1. The number of carbonyl (C=O) groups excluding carboxylic acids is 2. The van der Waals surface area contributed by atoms with Gasteiger partial charge in [-0.15, -0.1) is 11.3 Å². The Morgan fingerprint density at radius 1 is 1.07 bits per heavy atom. The van der Waals surface area contributed by atoms with Crippen LogP contribution in [0.15, 0.2) is 47.8 Å². The maximum Gasteiger partial charge on any atom is 0.313 e. The van der Waals surface area contributed by atoms with Gasteiger partial charge in [0.25, 0.3) is 0 Å². The molecule has 2 amide bonds. The van der Waals surface area contributed by atoms with Crippen LogP contribution in [0, 0.1) is 0 Å². The molecule has 1 atom stereocenters. The Morgan fingerprint density at radius 2 is 1.86 bits per heavy atom. The minimum Gasteiger partial charge on any atom is -0.486 e. The molecule has 144 valence electrons. The van der Waals surface area contributed by atoms with Crippen LogP contribution >= 0.6 is 11.3 Å². The van der Waals surface area contributed by atoms with E-state index in [1.54, 1.807) is 18.2 Å². The molecule has 0 saturated heterocycles. The summed E-state index contributed by atoms with van der Waals surface area (Å²) in [7, 11) is 0. The van der Waals surface area contributed by atoms with Crippen molar-refractivity contribution in [1.82, 2.24) is 5.32 Å². The Hall–Kier alpha value is -3.10. The lowest BCUT2D eigenvalue weighted by Gasteiger charge is -2.19. The zero-order valence-corrected chi connectivity index (χ0v) is 15.6. The van der Waals surface area contributed by atoms with Crippen LogP contribution in [-0.2, 0) is 9.59 Å². The molecule has 2 aromatic carbocycles. The first-order valence-electron chi connectivity index (χ1n) is 8.75. The van der Waals surface area contributed by atoms with Gasteiger partial charge in [0.05, 0.1) is 6.10 Å². The molecular formula is C20H18N2O5S. The van der Waals surface area contributed by atoms with Gasteiger partial charge >= 0.3 is 11.8 Å². The number of ether oxygens (including phenoxy) is 2. The van der Waals surface area contributed by atoms with Crippen LogP contribution < -0.4 is 20.1 Å². The van der Waals surface area contributed by atoms with Gasteiger partial charge in [0.1, 0.15) is 13.2 Å². The van der Waals surface area contributed by atoms with E-state index in [0.717, 1.165) is 15.6 Å². The van der Waals surface area contributed by atoms with Gasteiger partial charge in [0.15, 0.2) is 11.5 Å². The summed E-state index contributed by atoms with van der Waals surface area (Å²) in [6.07, 6.45) is -0.901. The zero-order valence-electron chi connectivity index (χ0n) is 14.8. The van der Waals surface area contributed by atoms with E-state index >= 15 is 0 Å². The fourth-order valence-corrected chi connectivity index (χ4v) is 3.95. The largest absolute Gasteiger partial charge is 0.486 e. The number of aliphatic hydroxyl groups is 1. The van der Waals surface area contributed by atoms with Gasteiger partial charge in [0.2, 0.25) is 0 Å². The van der Waals surface area contributed by atoms with Crippen molar-refractivity contribution in [2.24, 2.45) is 0 Å². The molecular weight excluding hydrogens is 380 g/mol. The quantitative estimate of drug-likeness (QED) is 0.587. The van der Waals surface area contributed by atoms with Gasteiger partial charge in [-0.1, -0.05) is 18.2 Å². The van der Waals surface area contributed by atoms with E-state index in [4.69, 9.17) is 9.47 Å². The molecule has 0 bridgehead atoms. The molecule has 1 unspecified atom stereocenters. The Balaban J connectivity index is 1.35. The highest BCUT2D eigenvalue weighted by Crippen LogP contribution is 2.32. The predicted molar refractivity (Wildman–Crippen MR) is 106 cm³/mol. The van der Waals surface area contributed by atoms with Gasteiger partial charge in [-0.2, -0.15) is 0 Å². The second-order valence-electron chi connectivity index (χ2n) is 6.23. The first-order valence-corrected chi connectivity index (χ1v) is 9.63. The number of hydrogen-bond donors (Lipinski definition) is 3. The van der Waals surface area contributed by atoms with Crippen molar-refractivity contribution in [1.29, 1.82) is 0 Å². The summed E-state index contributed by atoms with van der Waals surface area (Å²) in [4.78, 5) is 24.2. The summed E-state index contributed by atoms with van der Waals surface area (Å²) in [5.41, 5.74) is 1.15. The van der Waals surface area contributed by atoms with Crippen LogP contribution in [-0.4, -0.2) is 36.7 Å². The molecule has 3 aromatic rings. The number of anilines is 1. The normalized spacial score (nSPS) is 13.8. The molecule has 0 saturated carbocycles. The van der Waals surface area contributed by atoms with Gasteiger partial charge in [-0.05, 0) is 29.0 Å². The zero-order chi connectivity index (χ0) is 19.5. The summed E-state index contributed by atoms with van der Waals surface area (Å²) in [6, 6.07) is 12.6. The lowest BCUT2D eigenvalue weighted by Crippen LogP contribution is -2.37. The molecule has 1 aliphatic heterocycles. The van der Waals surface area contributed by atoms with Crippen molar-refractivity contribution in [2.45, 2.75) is 6.10 Å². The molecule has 0 radical (unpaired) electrons. The molecule has 2 heterocycles. The molecule has 3 N–H and O–H groups in total. The van der Waals surface area contributed by atoms with Crippen LogP contribution in [0.2, 0.25) is 0 Å². The van der Waals surface area contributed by atoms with E-state index < -0.39 is 17.9 Å². The van der Waals surface area contributed by atoms with Gasteiger partial charge < -0.3 is 25.2 Å². The van der Waals surface area contributed by atoms with E-state index in [9.17, 15) is 14.7 Å². The maximum absolute atomic E-state index is 12.1. The van der Waals surface area contributed by atoms with Crippen molar-refractivity contribution in [3.05, 3.63) is 53.4 Å². The summed E-state index contributed by atoms with van der Waals surface area (Å²) in [6.45, 7) is 0.844. The molecule has 1 aromatic heterocycles. The van der Waals surface area contributed by atoms with Crippen molar-refractivity contribution in [3.63, 3.8) is 0 Å². The highest BCUT2D eigenvalue weighted by molar-refractivity contribution is 7.17. The Bertz CT molecular complexity index is 1030. The average Bonchev–Trinajstić information content (AvgIpc) is 3.16. The number of aliphatic hydroxyl groups excluding tert-OH is 1. The van der Waals surface area contributed by atoms with Gasteiger partial charge in [-0.3, -0.25) is 9.59 Å². The number of thiophene rings is 1. The monoisotopic (exact) mass is 398 g/mol. The Kier molecular flexibility index (Phi) is 5.14. The number of fused-ring (bicyclic) bond motifs is 2. The summed E-state index contributed by atoms with van der Waals surface area (Å²) >= 11 is 1.52. The van der Waals surface area contributed by atoms with Crippen LogP contribution in [0.5, 0.6) is 11.5 Å². The molecule has 28 heavy (non-hydrogen) atoms. The smallest absolute Gasteiger partial charge is 0.313 e. The Morgan fingerprint density at radius 3 is 2.71 bits per heavy atom. The molecule has 0 aliphatic carbocycles. The standard InChI is InChI=1S/C20H18N2O5S/c23-15(14-11-28-18-4-2-1-3-13(14)18)10-21-19(24)20(25)22-12-5-6-16-17(9-12)27-8-7-26-16/h1-6,9,11,15,23H,7-8,10H2,(H,21,24)(H,22,25). The summed E-state index contributed by atoms with van der Waals surface area (Å²) in [5, 5.41) is 18.2. The molecule has 4 rings (SSSR count). The Labute approximate surface area is 164 Å². The number of carbonyl (C=O) groups is 2. The molecule has 0 spiro atoms. The minimum absolute atomic E-state index is 0.0614. The predicted octanol–water partition coefficient (Wildman–Crippen LogP) is 2.46. The number of nitrogens with one attached hydrogen (secondary N) is 2. The second-order valence-corrected chi connectivity index (χ2v) is 7.14. The second kappa shape index (κ2) is 7.87. The van der Waals surface area contributed by atoms with Gasteiger partial charge in [-0.25, -0.2) is 0 Å². The van der Waals surface area contributed by atoms with E-state index in [-0.39, 0.29) is 6.54 Å². The fraction of sp³-hybridized carbons (Fsp3) is 0.200. The highest BCUT2D eigenvalue weighted by atomic mass is 32.1. The lowest BCUT2D eigenvalue weighted by molar-refractivity contribution is -0.136. The van der Waals surface area contributed by atoms with Crippen molar-refractivity contribution < 1.29 is 24.2 Å². The van der Waals surface area contributed by atoms with E-state index in [0.29, 0.717) is 30.4 Å². The molecule has 1 aliphatic rings. The highest BCUT2D eigenvalue weighted by Gasteiger charge is 2.19. The molecule has 8 heteroatoms. The number of benzene rings is 2. The van der Waals surface area contributed by atoms with Gasteiger partial charge in [0, 0.05) is 28.6 Å². The molecule has 0 fully saturated rings. The number of amides is 2. The molecule has 7 nitrogen and oxygen atoms in total. The third-order valence-electron chi connectivity index (χ3n) is 4.33.